The Balaban J connectivity index is 1.51. The highest BCUT2D eigenvalue weighted by atomic mass is 32.2. The van der Waals surface area contributed by atoms with Crippen LogP contribution in [-0.2, 0) is 26.2 Å². The van der Waals surface area contributed by atoms with Gasteiger partial charge in [0.25, 0.3) is 0 Å². The van der Waals surface area contributed by atoms with Gasteiger partial charge in [-0.3, -0.25) is 9.59 Å². The molecule has 9 heteroatoms. The summed E-state index contributed by atoms with van der Waals surface area (Å²) in [6, 6.07) is 15.8. The van der Waals surface area contributed by atoms with Gasteiger partial charge in [0.05, 0.1) is 18.6 Å². The first-order valence-corrected chi connectivity index (χ1v) is 16.0. The first kappa shape index (κ1) is 30.1. The molecular formula is C31H43N3O5S. The second-order valence-electron chi connectivity index (χ2n) is 10.9. The maximum atomic E-state index is 13.9. The predicted molar refractivity (Wildman–Crippen MR) is 155 cm³/mol. The van der Waals surface area contributed by atoms with Gasteiger partial charge in [0, 0.05) is 38.1 Å². The molecule has 0 N–H and O–H groups in total. The van der Waals surface area contributed by atoms with Crippen molar-refractivity contribution in [3.8, 4) is 5.75 Å². The van der Waals surface area contributed by atoms with Crippen molar-refractivity contribution >= 4 is 21.8 Å². The molecule has 0 atom stereocenters. The van der Waals surface area contributed by atoms with Gasteiger partial charge in [0.1, 0.15) is 5.75 Å². The summed E-state index contributed by atoms with van der Waals surface area (Å²) in [5.74, 6) is 0.905. The third-order valence-electron chi connectivity index (χ3n) is 8.17. The largest absolute Gasteiger partial charge is 0.497 e. The first-order chi connectivity index (χ1) is 19.3. The Bertz CT molecular complexity index is 1210. The van der Waals surface area contributed by atoms with Gasteiger partial charge < -0.3 is 14.5 Å². The summed E-state index contributed by atoms with van der Waals surface area (Å²) in [5, 5.41) is 0. The number of piperidine rings is 1. The molecule has 1 aliphatic heterocycles. The van der Waals surface area contributed by atoms with Crippen molar-refractivity contribution < 1.29 is 22.7 Å². The molecule has 40 heavy (non-hydrogen) atoms. The third-order valence-corrected chi connectivity index (χ3v) is 10.0. The first-order valence-electron chi connectivity index (χ1n) is 14.6. The van der Waals surface area contributed by atoms with Crippen molar-refractivity contribution in [3.05, 3.63) is 60.2 Å². The minimum atomic E-state index is -3.82. The van der Waals surface area contributed by atoms with Crippen LogP contribution in [0.25, 0.3) is 0 Å². The fourth-order valence-electron chi connectivity index (χ4n) is 5.87. The summed E-state index contributed by atoms with van der Waals surface area (Å²) in [4.78, 5) is 31.0. The van der Waals surface area contributed by atoms with Crippen molar-refractivity contribution in [2.45, 2.75) is 75.8 Å². The number of carbonyl (C=O) groups excluding carboxylic acids is 2. The third kappa shape index (κ3) is 7.43. The highest BCUT2D eigenvalue weighted by Crippen LogP contribution is 2.28. The van der Waals surface area contributed by atoms with Crippen LogP contribution in [0.15, 0.2) is 59.5 Å². The van der Waals surface area contributed by atoms with Crippen molar-refractivity contribution in [1.82, 2.24) is 14.1 Å². The molecule has 218 valence electrons. The number of amides is 2. The number of carbonyl (C=O) groups is 2. The number of benzene rings is 2. The van der Waals surface area contributed by atoms with Crippen LogP contribution in [0.1, 0.15) is 63.9 Å². The molecule has 2 aliphatic rings. The zero-order valence-corrected chi connectivity index (χ0v) is 24.7. The molecule has 0 aromatic heterocycles. The number of hydrogen-bond donors (Lipinski definition) is 0. The molecule has 4 rings (SSSR count). The summed E-state index contributed by atoms with van der Waals surface area (Å²) in [6.07, 6.45) is 7.37. The number of rotatable bonds is 11. The van der Waals surface area contributed by atoms with Crippen LogP contribution in [0.5, 0.6) is 5.75 Å². The van der Waals surface area contributed by atoms with Crippen molar-refractivity contribution in [3.63, 3.8) is 0 Å². The molecule has 2 amide bonds. The highest BCUT2D eigenvalue weighted by molar-refractivity contribution is 7.89. The Morgan fingerprint density at radius 2 is 1.57 bits per heavy atom. The second-order valence-corrected chi connectivity index (χ2v) is 12.9. The average Bonchev–Trinajstić information content (AvgIpc) is 3.00. The van der Waals surface area contributed by atoms with Gasteiger partial charge in [-0.1, -0.05) is 56.5 Å². The van der Waals surface area contributed by atoms with E-state index in [-0.39, 0.29) is 41.8 Å². The van der Waals surface area contributed by atoms with Crippen LogP contribution < -0.4 is 4.74 Å². The summed E-state index contributed by atoms with van der Waals surface area (Å²) in [5.41, 5.74) is 0.947. The molecule has 1 saturated carbocycles. The van der Waals surface area contributed by atoms with E-state index in [0.29, 0.717) is 38.9 Å². The number of nitrogens with zero attached hydrogens (tertiary/aromatic N) is 3. The zero-order valence-electron chi connectivity index (χ0n) is 23.8. The molecule has 0 radical (unpaired) electrons. The van der Waals surface area contributed by atoms with Gasteiger partial charge in [-0.15, -0.1) is 0 Å². The van der Waals surface area contributed by atoms with Crippen LogP contribution >= 0.6 is 0 Å². The Morgan fingerprint density at radius 3 is 2.17 bits per heavy atom. The lowest BCUT2D eigenvalue weighted by atomic mass is 9.87. The van der Waals surface area contributed by atoms with E-state index in [4.69, 9.17) is 4.74 Å². The van der Waals surface area contributed by atoms with Crippen LogP contribution in [0.2, 0.25) is 0 Å². The molecule has 2 fully saturated rings. The van der Waals surface area contributed by atoms with Crippen LogP contribution in [0.4, 0.5) is 0 Å². The van der Waals surface area contributed by atoms with Gasteiger partial charge >= 0.3 is 0 Å². The van der Waals surface area contributed by atoms with E-state index in [9.17, 15) is 18.0 Å². The van der Waals surface area contributed by atoms with E-state index in [0.717, 1.165) is 37.0 Å². The molecule has 2 aromatic rings. The van der Waals surface area contributed by atoms with Crippen LogP contribution in [-0.4, -0.2) is 73.7 Å². The van der Waals surface area contributed by atoms with Gasteiger partial charge in [-0.05, 0) is 61.9 Å². The number of likely N-dealkylation sites (tertiary alicyclic amines) is 1. The Kier molecular flexibility index (Phi) is 10.6. The Hall–Kier alpha value is -2.91. The number of ether oxygens (including phenoxy) is 1. The molecule has 8 nitrogen and oxygen atoms in total. The lowest BCUT2D eigenvalue weighted by Gasteiger charge is -2.40. The fraction of sp³-hybridized carbons (Fsp3) is 0.548. The van der Waals surface area contributed by atoms with E-state index in [1.807, 2.05) is 41.0 Å². The van der Waals surface area contributed by atoms with E-state index in [1.165, 1.54) is 10.7 Å². The topological polar surface area (TPSA) is 87.2 Å². The SMILES string of the molecule is CCCN(CC(=O)N(Cc1ccc(OC)cc1)C1CCN(C(=O)C2CCCCC2)CC1)S(=O)(=O)c1ccccc1. The molecule has 0 unspecified atom stereocenters. The van der Waals surface area contributed by atoms with Gasteiger partial charge in [0.2, 0.25) is 21.8 Å². The summed E-state index contributed by atoms with van der Waals surface area (Å²) in [7, 11) is -2.21. The van der Waals surface area contributed by atoms with E-state index in [1.54, 1.807) is 37.4 Å². The summed E-state index contributed by atoms with van der Waals surface area (Å²) >= 11 is 0. The second kappa shape index (κ2) is 14.1. The molecule has 1 saturated heterocycles. The molecule has 0 spiro atoms. The standard InChI is InChI=1S/C31H43N3O5S/c1-3-20-33(40(37,38)29-12-8-5-9-13-29)24-30(35)34(23-25-14-16-28(39-2)17-15-25)27-18-21-32(22-19-27)31(36)26-10-6-4-7-11-26/h5,8-9,12-17,26-27H,3-4,6-7,10-11,18-24H2,1-2H3. The van der Waals surface area contributed by atoms with E-state index < -0.39 is 10.0 Å². The Morgan fingerprint density at radius 1 is 0.925 bits per heavy atom. The molecule has 1 aliphatic carbocycles. The minimum absolute atomic E-state index is 0.0760. The molecule has 1 heterocycles. The lowest BCUT2D eigenvalue weighted by molar-refractivity contribution is -0.140. The number of hydrogen-bond acceptors (Lipinski definition) is 5. The Labute approximate surface area is 239 Å². The van der Waals surface area contributed by atoms with Crippen LogP contribution in [0.3, 0.4) is 0 Å². The van der Waals surface area contributed by atoms with Gasteiger partial charge in [-0.25, -0.2) is 8.42 Å². The predicted octanol–water partition coefficient (Wildman–Crippen LogP) is 4.70. The molecule has 2 aromatic carbocycles. The maximum absolute atomic E-state index is 13.9. The van der Waals surface area contributed by atoms with Gasteiger partial charge in [-0.2, -0.15) is 4.31 Å². The van der Waals surface area contributed by atoms with Gasteiger partial charge in [0.15, 0.2) is 0 Å². The highest BCUT2D eigenvalue weighted by Gasteiger charge is 2.34. The summed E-state index contributed by atoms with van der Waals surface area (Å²) in [6.45, 7) is 3.55. The average molecular weight is 570 g/mol. The monoisotopic (exact) mass is 569 g/mol. The van der Waals surface area contributed by atoms with Crippen molar-refractivity contribution in [2.75, 3.05) is 33.3 Å². The van der Waals surface area contributed by atoms with Crippen LogP contribution in [0, 0.1) is 5.92 Å². The maximum Gasteiger partial charge on any atom is 0.243 e. The minimum Gasteiger partial charge on any atom is -0.497 e. The van der Waals surface area contributed by atoms with Crippen molar-refractivity contribution in [1.29, 1.82) is 0 Å². The van der Waals surface area contributed by atoms with Crippen molar-refractivity contribution in [2.24, 2.45) is 5.92 Å². The summed E-state index contributed by atoms with van der Waals surface area (Å²) < 4.78 is 33.5. The van der Waals surface area contributed by atoms with E-state index in [2.05, 4.69) is 0 Å². The quantitative estimate of drug-likeness (QED) is 0.392. The molecular weight excluding hydrogens is 526 g/mol. The number of methoxy groups -OCH3 is 1. The normalized spacial score (nSPS) is 17.1. The number of sulfonamides is 1. The fourth-order valence-corrected chi connectivity index (χ4v) is 7.37. The smallest absolute Gasteiger partial charge is 0.243 e. The van der Waals surface area contributed by atoms with E-state index >= 15 is 0 Å². The molecule has 0 bridgehead atoms. The zero-order chi connectivity index (χ0) is 28.5. The lowest BCUT2D eigenvalue weighted by Crippen LogP contribution is -2.52.